The Balaban J connectivity index is 1.63. The summed E-state index contributed by atoms with van der Waals surface area (Å²) in [6.07, 6.45) is 1.44. The van der Waals surface area contributed by atoms with Gasteiger partial charge in [0.25, 0.3) is 5.91 Å². The van der Waals surface area contributed by atoms with Crippen molar-refractivity contribution in [2.75, 3.05) is 12.4 Å². The van der Waals surface area contributed by atoms with Gasteiger partial charge in [0, 0.05) is 11.3 Å². The molecule has 0 aliphatic heterocycles. The SMILES string of the molecule is COC(=O)c1ccc(NC(=O)/C(C#N)=C/c2ccc(OCc3ccccc3F)cc2)cc1. The van der Waals surface area contributed by atoms with Crippen molar-refractivity contribution in [3.05, 3.63) is 101 Å². The Bertz CT molecular complexity index is 1180. The number of hydrogen-bond acceptors (Lipinski definition) is 5. The third-order valence-electron chi connectivity index (χ3n) is 4.47. The minimum Gasteiger partial charge on any atom is -0.489 e. The molecule has 160 valence electrons. The zero-order valence-electron chi connectivity index (χ0n) is 17.2. The molecule has 0 aliphatic rings. The smallest absolute Gasteiger partial charge is 0.337 e. The highest BCUT2D eigenvalue weighted by Gasteiger charge is 2.11. The second kappa shape index (κ2) is 10.5. The van der Waals surface area contributed by atoms with Crippen LogP contribution < -0.4 is 10.1 Å². The summed E-state index contributed by atoms with van der Waals surface area (Å²) in [5.41, 5.74) is 1.75. The van der Waals surface area contributed by atoms with Crippen LogP contribution in [0.1, 0.15) is 21.5 Å². The summed E-state index contributed by atoms with van der Waals surface area (Å²) < 4.78 is 23.9. The van der Waals surface area contributed by atoms with E-state index in [1.54, 1.807) is 54.6 Å². The van der Waals surface area contributed by atoms with Crippen molar-refractivity contribution < 1.29 is 23.5 Å². The lowest BCUT2D eigenvalue weighted by Crippen LogP contribution is -2.13. The fourth-order valence-electron chi connectivity index (χ4n) is 2.76. The molecule has 0 spiro atoms. The Morgan fingerprint density at radius 1 is 1.03 bits per heavy atom. The molecule has 3 aromatic carbocycles. The molecule has 6 nitrogen and oxygen atoms in total. The molecular formula is C25H19FN2O4. The average molecular weight is 430 g/mol. The second-order valence-electron chi connectivity index (χ2n) is 6.64. The van der Waals surface area contributed by atoms with Crippen LogP contribution in [0.5, 0.6) is 5.75 Å². The molecule has 0 saturated heterocycles. The molecule has 32 heavy (non-hydrogen) atoms. The van der Waals surface area contributed by atoms with E-state index in [1.807, 2.05) is 6.07 Å². The average Bonchev–Trinajstić information content (AvgIpc) is 2.82. The van der Waals surface area contributed by atoms with Crippen molar-refractivity contribution in [2.45, 2.75) is 6.61 Å². The summed E-state index contributed by atoms with van der Waals surface area (Å²) in [4.78, 5) is 23.9. The molecule has 3 rings (SSSR count). The summed E-state index contributed by atoms with van der Waals surface area (Å²) >= 11 is 0. The number of anilines is 1. The maximum atomic E-state index is 13.7. The Kier molecular flexibility index (Phi) is 7.33. The number of carbonyl (C=O) groups is 2. The van der Waals surface area contributed by atoms with Gasteiger partial charge in [-0.3, -0.25) is 4.79 Å². The molecule has 0 aromatic heterocycles. The summed E-state index contributed by atoms with van der Waals surface area (Å²) in [6, 6.07) is 21.1. The standard InChI is InChI=1S/C25H19FN2O4/c1-31-25(30)18-8-10-21(11-9-18)28-24(29)20(15-27)14-17-6-12-22(13-7-17)32-16-19-4-2-3-5-23(19)26/h2-14H,16H2,1H3,(H,28,29)/b20-14+. The lowest BCUT2D eigenvalue weighted by molar-refractivity contribution is -0.112. The second-order valence-corrected chi connectivity index (χ2v) is 6.64. The van der Waals surface area contributed by atoms with Crippen LogP contribution in [-0.2, 0) is 16.1 Å². The molecular weight excluding hydrogens is 411 g/mol. The van der Waals surface area contributed by atoms with Gasteiger partial charge in [-0.25, -0.2) is 9.18 Å². The number of methoxy groups -OCH3 is 1. The zero-order valence-corrected chi connectivity index (χ0v) is 17.2. The number of benzene rings is 3. The normalized spacial score (nSPS) is 10.7. The number of halogens is 1. The van der Waals surface area contributed by atoms with E-state index in [0.717, 1.165) is 0 Å². The summed E-state index contributed by atoms with van der Waals surface area (Å²) in [7, 11) is 1.28. The van der Waals surface area contributed by atoms with E-state index in [9.17, 15) is 19.2 Å². The van der Waals surface area contributed by atoms with Crippen molar-refractivity contribution in [1.29, 1.82) is 5.26 Å². The molecule has 1 N–H and O–H groups in total. The van der Waals surface area contributed by atoms with Crippen LogP contribution in [0.25, 0.3) is 6.08 Å². The van der Waals surface area contributed by atoms with Gasteiger partial charge in [0.15, 0.2) is 0 Å². The Morgan fingerprint density at radius 3 is 2.34 bits per heavy atom. The fraction of sp³-hybridized carbons (Fsp3) is 0.0800. The Morgan fingerprint density at radius 2 is 1.72 bits per heavy atom. The van der Waals surface area contributed by atoms with E-state index in [1.165, 1.54) is 31.4 Å². The third-order valence-corrected chi connectivity index (χ3v) is 4.47. The van der Waals surface area contributed by atoms with Crippen LogP contribution in [0.2, 0.25) is 0 Å². The maximum absolute atomic E-state index is 13.7. The van der Waals surface area contributed by atoms with E-state index >= 15 is 0 Å². The first-order valence-corrected chi connectivity index (χ1v) is 9.58. The summed E-state index contributed by atoms with van der Waals surface area (Å²) in [6.45, 7) is 0.0858. The van der Waals surface area contributed by atoms with E-state index in [4.69, 9.17) is 4.74 Å². The monoisotopic (exact) mass is 430 g/mol. The van der Waals surface area contributed by atoms with Crippen LogP contribution in [0.3, 0.4) is 0 Å². The van der Waals surface area contributed by atoms with E-state index in [-0.39, 0.29) is 18.0 Å². The molecule has 0 aliphatic carbocycles. The number of nitriles is 1. The number of nitrogens with zero attached hydrogens (tertiary/aromatic N) is 1. The maximum Gasteiger partial charge on any atom is 0.337 e. The Labute approximate surface area is 184 Å². The van der Waals surface area contributed by atoms with Crippen LogP contribution in [0.4, 0.5) is 10.1 Å². The number of hydrogen-bond donors (Lipinski definition) is 1. The molecule has 0 atom stereocenters. The van der Waals surface area contributed by atoms with Crippen molar-refractivity contribution >= 4 is 23.6 Å². The van der Waals surface area contributed by atoms with Gasteiger partial charge in [-0.05, 0) is 54.1 Å². The fourth-order valence-corrected chi connectivity index (χ4v) is 2.76. The predicted molar refractivity (Wildman–Crippen MR) is 117 cm³/mol. The lowest BCUT2D eigenvalue weighted by atomic mass is 10.1. The van der Waals surface area contributed by atoms with Gasteiger partial charge in [-0.2, -0.15) is 5.26 Å². The number of amides is 1. The number of rotatable bonds is 7. The zero-order chi connectivity index (χ0) is 22.9. The highest BCUT2D eigenvalue weighted by atomic mass is 19.1. The first-order valence-electron chi connectivity index (χ1n) is 9.58. The number of esters is 1. The number of ether oxygens (including phenoxy) is 2. The molecule has 0 radical (unpaired) electrons. The van der Waals surface area contributed by atoms with E-state index in [2.05, 4.69) is 10.1 Å². The number of carbonyl (C=O) groups excluding carboxylic acids is 2. The highest BCUT2D eigenvalue weighted by Crippen LogP contribution is 2.18. The van der Waals surface area contributed by atoms with Gasteiger partial charge in [0.05, 0.1) is 12.7 Å². The number of nitrogens with one attached hydrogen (secondary N) is 1. The first-order chi connectivity index (χ1) is 15.5. The molecule has 3 aromatic rings. The molecule has 0 fully saturated rings. The molecule has 7 heteroatoms. The van der Waals surface area contributed by atoms with Gasteiger partial charge < -0.3 is 14.8 Å². The van der Waals surface area contributed by atoms with Crippen LogP contribution in [0.15, 0.2) is 78.4 Å². The van der Waals surface area contributed by atoms with Crippen molar-refractivity contribution in [1.82, 2.24) is 0 Å². The molecule has 0 heterocycles. The van der Waals surface area contributed by atoms with E-state index in [0.29, 0.717) is 28.1 Å². The minimum atomic E-state index is -0.585. The third kappa shape index (κ3) is 5.80. The molecule has 0 unspecified atom stereocenters. The van der Waals surface area contributed by atoms with Gasteiger partial charge in [0.2, 0.25) is 0 Å². The van der Waals surface area contributed by atoms with Crippen molar-refractivity contribution in [3.63, 3.8) is 0 Å². The van der Waals surface area contributed by atoms with Crippen LogP contribution in [-0.4, -0.2) is 19.0 Å². The van der Waals surface area contributed by atoms with Gasteiger partial charge in [-0.1, -0.05) is 30.3 Å². The van der Waals surface area contributed by atoms with E-state index < -0.39 is 11.9 Å². The minimum absolute atomic E-state index is 0.0858. The van der Waals surface area contributed by atoms with Crippen molar-refractivity contribution in [3.8, 4) is 11.8 Å². The van der Waals surface area contributed by atoms with Crippen LogP contribution >= 0.6 is 0 Å². The van der Waals surface area contributed by atoms with Gasteiger partial charge in [-0.15, -0.1) is 0 Å². The first kappa shape index (κ1) is 22.2. The largest absolute Gasteiger partial charge is 0.489 e. The topological polar surface area (TPSA) is 88.4 Å². The van der Waals surface area contributed by atoms with Crippen LogP contribution in [0, 0.1) is 17.1 Å². The molecule has 1 amide bonds. The molecule has 0 saturated carbocycles. The summed E-state index contributed by atoms with van der Waals surface area (Å²) in [5, 5.41) is 12.0. The van der Waals surface area contributed by atoms with Gasteiger partial charge >= 0.3 is 5.97 Å². The highest BCUT2D eigenvalue weighted by molar-refractivity contribution is 6.09. The Hall–Kier alpha value is -4.44. The summed E-state index contributed by atoms with van der Waals surface area (Å²) in [5.74, 6) is -0.879. The van der Waals surface area contributed by atoms with Crippen molar-refractivity contribution in [2.24, 2.45) is 0 Å². The van der Waals surface area contributed by atoms with Gasteiger partial charge in [0.1, 0.15) is 29.8 Å². The quantitative estimate of drug-likeness (QED) is 0.332. The lowest BCUT2D eigenvalue weighted by Gasteiger charge is -2.08. The molecule has 0 bridgehead atoms. The predicted octanol–water partition coefficient (Wildman–Crippen LogP) is 4.74.